The average molecular weight is 726 g/mol. The summed E-state index contributed by atoms with van der Waals surface area (Å²) in [5.74, 6) is 0.478. The number of halogens is 1. The van der Waals surface area contributed by atoms with Crippen LogP contribution in [0.25, 0.3) is 33.2 Å². The molecule has 12 nitrogen and oxygen atoms in total. The number of ether oxygens (including phenoxy) is 1. The van der Waals surface area contributed by atoms with Gasteiger partial charge in [0.1, 0.15) is 17.5 Å². The van der Waals surface area contributed by atoms with E-state index in [1.165, 1.54) is 4.90 Å². The Morgan fingerprint density at radius 2 is 1.65 bits per heavy atom. The van der Waals surface area contributed by atoms with Crippen LogP contribution < -0.4 is 21.6 Å². The lowest BCUT2D eigenvalue weighted by atomic mass is 9.81. The maximum Gasteiger partial charge on any atom is 0.407 e. The standard InChI is InChI=1S/C39H44ClN7O5/c1-39(2,3)52-38(51)42-20-22-6-10-25(11-7-22)36(49)47(26-14-15-29-30(17-26)46-37(50)45-29)33(34(41)48)16-21-4-8-23(9-5-21)27-18-31-32(19-28(27)40)44-35(43-31)24-12-13-24/h4-5,8-9,14-15,17-19,22,24-25,33H,6-7,10-13,16,20H2,1-3H3,(H2,41,48)(H,42,51)(H,43,44)(H2,45,46,50)/t22?,25?,33-/m0/s1. The monoisotopic (exact) mass is 725 g/mol. The molecule has 0 unspecified atom stereocenters. The normalized spacial score (nSPS) is 18.3. The molecule has 2 fully saturated rings. The van der Waals surface area contributed by atoms with Crippen LogP contribution in [0.1, 0.15) is 76.6 Å². The largest absolute Gasteiger partial charge is 0.444 e. The number of rotatable bonds is 10. The molecule has 272 valence electrons. The van der Waals surface area contributed by atoms with Crippen molar-refractivity contribution in [2.24, 2.45) is 17.6 Å². The van der Waals surface area contributed by atoms with Gasteiger partial charge in [-0.05, 0) is 107 Å². The van der Waals surface area contributed by atoms with Gasteiger partial charge in [-0.3, -0.25) is 14.5 Å². The van der Waals surface area contributed by atoms with Gasteiger partial charge in [-0.15, -0.1) is 0 Å². The molecule has 0 spiro atoms. The van der Waals surface area contributed by atoms with Gasteiger partial charge in [0.15, 0.2) is 0 Å². The Morgan fingerprint density at radius 1 is 0.942 bits per heavy atom. The quantitative estimate of drug-likeness (QED) is 0.107. The Balaban J connectivity index is 1.11. The number of fused-ring (bicyclic) bond motifs is 2. The van der Waals surface area contributed by atoms with E-state index in [9.17, 15) is 19.2 Å². The van der Waals surface area contributed by atoms with Crippen LogP contribution in [0.2, 0.25) is 5.02 Å². The third kappa shape index (κ3) is 7.86. The molecule has 3 aromatic carbocycles. The Bertz CT molecular complexity index is 2190. The van der Waals surface area contributed by atoms with Crippen LogP contribution in [-0.2, 0) is 20.7 Å². The number of aromatic nitrogens is 4. The van der Waals surface area contributed by atoms with Gasteiger partial charge in [0.25, 0.3) is 0 Å². The van der Waals surface area contributed by atoms with Crippen molar-refractivity contribution >= 4 is 57.3 Å². The first-order valence-electron chi connectivity index (χ1n) is 17.9. The van der Waals surface area contributed by atoms with Gasteiger partial charge in [-0.25, -0.2) is 14.6 Å². The van der Waals surface area contributed by atoms with Crippen molar-refractivity contribution in [3.8, 4) is 11.1 Å². The number of alkyl carbamates (subject to hydrolysis) is 1. The summed E-state index contributed by atoms with van der Waals surface area (Å²) in [6, 6.07) is 15.8. The molecule has 1 atom stereocenters. The van der Waals surface area contributed by atoms with E-state index in [0.29, 0.717) is 47.0 Å². The fourth-order valence-electron chi connectivity index (χ4n) is 7.17. The zero-order valence-corrected chi connectivity index (χ0v) is 30.3. The lowest BCUT2D eigenvalue weighted by molar-refractivity contribution is -0.127. The third-order valence-electron chi connectivity index (χ3n) is 10.0. The Hall–Kier alpha value is -5.10. The maximum atomic E-state index is 14.5. The number of aromatic amines is 3. The van der Waals surface area contributed by atoms with Crippen molar-refractivity contribution in [2.75, 3.05) is 11.4 Å². The number of carbonyl (C=O) groups is 3. The van der Waals surface area contributed by atoms with Gasteiger partial charge >= 0.3 is 11.8 Å². The van der Waals surface area contributed by atoms with Gasteiger partial charge in [-0.1, -0.05) is 35.9 Å². The summed E-state index contributed by atoms with van der Waals surface area (Å²) in [6.07, 6.45) is 4.63. The number of amides is 3. The number of hydrogen-bond donors (Lipinski definition) is 5. The van der Waals surface area contributed by atoms with Crippen LogP contribution in [0, 0.1) is 11.8 Å². The van der Waals surface area contributed by atoms with E-state index in [4.69, 9.17) is 27.1 Å². The first kappa shape index (κ1) is 35.3. The number of primary amides is 1. The molecule has 0 aliphatic heterocycles. The number of nitrogens with zero attached hydrogens (tertiary/aromatic N) is 2. The number of benzene rings is 3. The number of imidazole rings is 2. The molecular weight excluding hydrogens is 682 g/mol. The van der Waals surface area contributed by atoms with E-state index < -0.39 is 23.6 Å². The van der Waals surface area contributed by atoms with E-state index in [0.717, 1.165) is 59.2 Å². The highest BCUT2D eigenvalue weighted by Crippen LogP contribution is 2.40. The summed E-state index contributed by atoms with van der Waals surface area (Å²) < 4.78 is 5.37. The minimum Gasteiger partial charge on any atom is -0.444 e. The van der Waals surface area contributed by atoms with Crippen LogP contribution >= 0.6 is 11.6 Å². The van der Waals surface area contributed by atoms with Crippen LogP contribution in [0.5, 0.6) is 0 Å². The third-order valence-corrected chi connectivity index (χ3v) is 10.3. The second-order valence-corrected chi connectivity index (χ2v) is 15.6. The molecule has 0 saturated heterocycles. The Morgan fingerprint density at radius 3 is 2.33 bits per heavy atom. The van der Waals surface area contributed by atoms with Gasteiger partial charge < -0.3 is 30.7 Å². The minimum atomic E-state index is -1.00. The van der Waals surface area contributed by atoms with Crippen molar-refractivity contribution in [1.29, 1.82) is 0 Å². The van der Waals surface area contributed by atoms with Gasteiger partial charge in [-0.2, -0.15) is 0 Å². The molecular formula is C39H44ClN7O5. The number of H-pyrrole nitrogens is 3. The SMILES string of the molecule is CC(C)(C)OC(=O)NCC1CCC(C(=O)N(c2ccc3[nH]c(=O)[nH]c3c2)[C@@H](Cc2ccc(-c3cc4nc(C5CC5)[nH]c4cc3Cl)cc2)C(N)=O)CC1. The zero-order valence-electron chi connectivity index (χ0n) is 29.6. The molecule has 2 aliphatic rings. The molecule has 52 heavy (non-hydrogen) atoms. The van der Waals surface area contributed by atoms with E-state index in [-0.39, 0.29) is 29.9 Å². The second kappa shape index (κ2) is 14.1. The summed E-state index contributed by atoms with van der Waals surface area (Å²) in [6.45, 7) is 5.91. The molecule has 0 bridgehead atoms. The molecule has 0 radical (unpaired) electrons. The summed E-state index contributed by atoms with van der Waals surface area (Å²) in [7, 11) is 0. The average Bonchev–Trinajstić information content (AvgIpc) is 3.76. The number of nitrogens with one attached hydrogen (secondary N) is 4. The Labute approximate surface area is 305 Å². The molecule has 7 rings (SSSR count). The van der Waals surface area contributed by atoms with Crippen LogP contribution in [0.3, 0.4) is 0 Å². The van der Waals surface area contributed by atoms with Gasteiger partial charge in [0.05, 0.1) is 27.1 Å². The van der Waals surface area contributed by atoms with Crippen molar-refractivity contribution < 1.29 is 19.1 Å². The molecule has 13 heteroatoms. The topological polar surface area (TPSA) is 179 Å². The highest BCUT2D eigenvalue weighted by atomic mass is 35.5. The van der Waals surface area contributed by atoms with Crippen LogP contribution in [0.4, 0.5) is 10.5 Å². The van der Waals surface area contributed by atoms with Crippen molar-refractivity contribution in [3.63, 3.8) is 0 Å². The maximum absolute atomic E-state index is 14.5. The zero-order chi connectivity index (χ0) is 36.7. The molecule has 2 heterocycles. The number of hydrogen-bond acceptors (Lipinski definition) is 6. The van der Waals surface area contributed by atoms with Crippen molar-refractivity contribution in [1.82, 2.24) is 25.3 Å². The lowest BCUT2D eigenvalue weighted by Gasteiger charge is -2.36. The van der Waals surface area contributed by atoms with Gasteiger partial charge in [0, 0.05) is 36.1 Å². The fourth-order valence-corrected chi connectivity index (χ4v) is 7.44. The van der Waals surface area contributed by atoms with Crippen molar-refractivity contribution in [3.05, 3.63) is 81.5 Å². The fraction of sp³-hybridized carbons (Fsp3) is 0.410. The number of carbonyl (C=O) groups excluding carboxylic acids is 3. The number of anilines is 1. The Kier molecular flexibility index (Phi) is 9.60. The molecule has 2 aliphatic carbocycles. The van der Waals surface area contributed by atoms with Crippen molar-refractivity contribution in [2.45, 2.75) is 83.3 Å². The highest BCUT2D eigenvalue weighted by molar-refractivity contribution is 6.34. The second-order valence-electron chi connectivity index (χ2n) is 15.2. The predicted octanol–water partition coefficient (Wildman–Crippen LogP) is 6.69. The van der Waals surface area contributed by atoms with E-state index in [2.05, 4.69) is 20.3 Å². The molecule has 3 amide bonds. The van der Waals surface area contributed by atoms with E-state index in [1.807, 2.05) is 57.2 Å². The smallest absolute Gasteiger partial charge is 0.407 e. The first-order valence-corrected chi connectivity index (χ1v) is 18.3. The predicted molar refractivity (Wildman–Crippen MR) is 201 cm³/mol. The minimum absolute atomic E-state index is 0.176. The van der Waals surface area contributed by atoms with E-state index in [1.54, 1.807) is 18.2 Å². The summed E-state index contributed by atoms with van der Waals surface area (Å²) in [5, 5.41) is 3.46. The lowest BCUT2D eigenvalue weighted by Crippen LogP contribution is -2.52. The number of nitrogens with two attached hydrogens (primary N) is 1. The first-order chi connectivity index (χ1) is 24.8. The summed E-state index contributed by atoms with van der Waals surface area (Å²) >= 11 is 6.73. The molecule has 5 aromatic rings. The molecule has 6 N–H and O–H groups in total. The molecule has 2 saturated carbocycles. The van der Waals surface area contributed by atoms with Crippen LogP contribution in [0.15, 0.2) is 59.4 Å². The molecule has 2 aromatic heterocycles. The van der Waals surface area contributed by atoms with Gasteiger partial charge in [0.2, 0.25) is 11.8 Å². The summed E-state index contributed by atoms with van der Waals surface area (Å²) in [5.41, 5.74) is 11.0. The summed E-state index contributed by atoms with van der Waals surface area (Å²) in [4.78, 5) is 67.2. The van der Waals surface area contributed by atoms with Crippen LogP contribution in [-0.4, -0.2) is 56.0 Å². The van der Waals surface area contributed by atoms with E-state index >= 15 is 0 Å². The highest BCUT2D eigenvalue weighted by Gasteiger charge is 2.36.